The number of amides is 2. The standard InChI is InChI=1S/C19H30N4O3.2ClH/c1-20-9-3-4-18(24)23-14-12-22(13-15-23)11-10-21-19(25)16-5-7-17(26-2)8-6-16;;/h5-8,20H,3-4,9-15H2,1-2H3,(H,21,25);2*1H. The van der Waals surface area contributed by atoms with E-state index in [-0.39, 0.29) is 36.6 Å². The van der Waals surface area contributed by atoms with Crippen molar-refractivity contribution in [3.8, 4) is 5.75 Å². The number of benzene rings is 1. The molecule has 1 fully saturated rings. The molecule has 0 bridgehead atoms. The van der Waals surface area contributed by atoms with E-state index in [9.17, 15) is 9.59 Å². The van der Waals surface area contributed by atoms with E-state index in [4.69, 9.17) is 4.74 Å². The summed E-state index contributed by atoms with van der Waals surface area (Å²) in [5, 5.41) is 6.01. The van der Waals surface area contributed by atoms with Crippen molar-refractivity contribution in [2.24, 2.45) is 0 Å². The normalized spacial score (nSPS) is 13.9. The predicted molar refractivity (Wildman–Crippen MR) is 116 cm³/mol. The van der Waals surface area contributed by atoms with E-state index in [1.807, 2.05) is 11.9 Å². The molecule has 0 saturated carbocycles. The molecule has 9 heteroatoms. The van der Waals surface area contributed by atoms with Crippen LogP contribution < -0.4 is 15.4 Å². The van der Waals surface area contributed by atoms with Crippen LogP contribution in [0.3, 0.4) is 0 Å². The Hall–Kier alpha value is -1.54. The van der Waals surface area contributed by atoms with E-state index in [0.29, 0.717) is 18.5 Å². The van der Waals surface area contributed by atoms with Crippen LogP contribution >= 0.6 is 24.8 Å². The number of nitrogens with zero attached hydrogens (tertiary/aromatic N) is 2. The van der Waals surface area contributed by atoms with Gasteiger partial charge in [0, 0.05) is 51.3 Å². The largest absolute Gasteiger partial charge is 0.497 e. The first-order chi connectivity index (χ1) is 12.6. The zero-order chi connectivity index (χ0) is 18.8. The molecule has 28 heavy (non-hydrogen) atoms. The summed E-state index contributed by atoms with van der Waals surface area (Å²) in [6.45, 7) is 5.52. The number of ether oxygens (including phenoxy) is 1. The van der Waals surface area contributed by atoms with E-state index in [1.54, 1.807) is 31.4 Å². The van der Waals surface area contributed by atoms with E-state index in [1.165, 1.54) is 0 Å². The first-order valence-electron chi connectivity index (χ1n) is 9.21. The van der Waals surface area contributed by atoms with Crippen molar-refractivity contribution in [2.75, 3.05) is 60.0 Å². The fourth-order valence-corrected chi connectivity index (χ4v) is 2.97. The lowest BCUT2D eigenvalue weighted by Gasteiger charge is -2.34. The number of hydrogen-bond donors (Lipinski definition) is 2. The van der Waals surface area contributed by atoms with Crippen LogP contribution in [0.1, 0.15) is 23.2 Å². The van der Waals surface area contributed by atoms with Crippen molar-refractivity contribution in [2.45, 2.75) is 12.8 Å². The van der Waals surface area contributed by atoms with Crippen molar-refractivity contribution in [1.82, 2.24) is 20.4 Å². The van der Waals surface area contributed by atoms with Gasteiger partial charge in [-0.25, -0.2) is 0 Å². The molecule has 1 saturated heterocycles. The first kappa shape index (κ1) is 26.5. The van der Waals surface area contributed by atoms with E-state index in [2.05, 4.69) is 15.5 Å². The van der Waals surface area contributed by atoms with Gasteiger partial charge in [-0.05, 0) is 44.3 Å². The maximum Gasteiger partial charge on any atom is 0.251 e. The molecule has 0 aromatic heterocycles. The third-order valence-corrected chi connectivity index (χ3v) is 4.61. The monoisotopic (exact) mass is 434 g/mol. The van der Waals surface area contributed by atoms with E-state index < -0.39 is 0 Å². The van der Waals surface area contributed by atoms with Crippen LogP contribution in [0.25, 0.3) is 0 Å². The predicted octanol–water partition coefficient (Wildman–Crippen LogP) is 1.41. The quantitative estimate of drug-likeness (QED) is 0.574. The molecule has 2 amide bonds. The smallest absolute Gasteiger partial charge is 0.251 e. The number of methoxy groups -OCH3 is 1. The number of piperazine rings is 1. The molecule has 2 rings (SSSR count). The van der Waals surface area contributed by atoms with Gasteiger partial charge in [0.1, 0.15) is 5.75 Å². The second-order valence-corrected chi connectivity index (χ2v) is 6.41. The Kier molecular flexibility index (Phi) is 13.7. The summed E-state index contributed by atoms with van der Waals surface area (Å²) in [4.78, 5) is 28.5. The first-order valence-corrected chi connectivity index (χ1v) is 9.21. The van der Waals surface area contributed by atoms with Crippen molar-refractivity contribution >= 4 is 36.6 Å². The van der Waals surface area contributed by atoms with Crippen LogP contribution in [0.4, 0.5) is 0 Å². The third kappa shape index (κ3) is 8.65. The Labute approximate surface area is 180 Å². The number of rotatable bonds is 9. The van der Waals surface area contributed by atoms with E-state index >= 15 is 0 Å². The summed E-state index contributed by atoms with van der Waals surface area (Å²) in [6, 6.07) is 7.07. The average molecular weight is 435 g/mol. The molecule has 0 unspecified atom stereocenters. The number of halogens is 2. The molecule has 7 nitrogen and oxygen atoms in total. The molecule has 0 radical (unpaired) electrons. The fraction of sp³-hybridized carbons (Fsp3) is 0.579. The second-order valence-electron chi connectivity index (χ2n) is 6.41. The Balaban J connectivity index is 0.00000364. The average Bonchev–Trinajstić information content (AvgIpc) is 2.68. The molecule has 1 aromatic rings. The zero-order valence-corrected chi connectivity index (χ0v) is 18.2. The van der Waals surface area contributed by atoms with Gasteiger partial charge >= 0.3 is 0 Å². The topological polar surface area (TPSA) is 73.9 Å². The lowest BCUT2D eigenvalue weighted by molar-refractivity contribution is -0.133. The SMILES string of the molecule is CNCCCC(=O)N1CCN(CCNC(=O)c2ccc(OC)cc2)CC1.Cl.Cl. The number of carbonyl (C=O) groups excluding carboxylic acids is 2. The Morgan fingerprint density at radius 1 is 1.04 bits per heavy atom. The van der Waals surface area contributed by atoms with Crippen LogP contribution in [0.15, 0.2) is 24.3 Å². The molecule has 1 aliphatic rings. The summed E-state index contributed by atoms with van der Waals surface area (Å²) in [6.07, 6.45) is 1.49. The molecular weight excluding hydrogens is 403 g/mol. The summed E-state index contributed by atoms with van der Waals surface area (Å²) in [5.74, 6) is 0.902. The van der Waals surface area contributed by atoms with Crippen molar-refractivity contribution in [3.63, 3.8) is 0 Å². The molecule has 1 aliphatic heterocycles. The van der Waals surface area contributed by atoms with Gasteiger partial charge in [-0.15, -0.1) is 24.8 Å². The van der Waals surface area contributed by atoms with Crippen molar-refractivity contribution in [3.05, 3.63) is 29.8 Å². The van der Waals surface area contributed by atoms with Crippen LogP contribution in [0.2, 0.25) is 0 Å². The minimum atomic E-state index is -0.0778. The molecule has 2 N–H and O–H groups in total. The van der Waals surface area contributed by atoms with Gasteiger partial charge in [0.25, 0.3) is 5.91 Å². The summed E-state index contributed by atoms with van der Waals surface area (Å²) >= 11 is 0. The van der Waals surface area contributed by atoms with Gasteiger partial charge in [-0.2, -0.15) is 0 Å². The fourth-order valence-electron chi connectivity index (χ4n) is 2.97. The minimum absolute atomic E-state index is 0. The van der Waals surface area contributed by atoms with Crippen molar-refractivity contribution < 1.29 is 14.3 Å². The van der Waals surface area contributed by atoms with Crippen LogP contribution in [-0.4, -0.2) is 81.6 Å². The Morgan fingerprint density at radius 3 is 2.25 bits per heavy atom. The van der Waals surface area contributed by atoms with Gasteiger partial charge in [0.05, 0.1) is 7.11 Å². The summed E-state index contributed by atoms with van der Waals surface area (Å²) < 4.78 is 5.09. The highest BCUT2D eigenvalue weighted by Gasteiger charge is 2.20. The maximum absolute atomic E-state index is 12.1. The van der Waals surface area contributed by atoms with Gasteiger partial charge in [0.2, 0.25) is 5.91 Å². The maximum atomic E-state index is 12.1. The summed E-state index contributed by atoms with van der Waals surface area (Å²) in [5.41, 5.74) is 0.628. The molecule has 160 valence electrons. The van der Waals surface area contributed by atoms with Crippen LogP contribution in [0.5, 0.6) is 5.75 Å². The van der Waals surface area contributed by atoms with Gasteiger partial charge in [-0.3, -0.25) is 14.5 Å². The highest BCUT2D eigenvalue weighted by Crippen LogP contribution is 2.11. The van der Waals surface area contributed by atoms with Crippen LogP contribution in [-0.2, 0) is 4.79 Å². The van der Waals surface area contributed by atoms with Gasteiger partial charge in [-0.1, -0.05) is 0 Å². The Bertz CT molecular complexity index is 579. The number of nitrogens with one attached hydrogen (secondary N) is 2. The Morgan fingerprint density at radius 2 is 1.68 bits per heavy atom. The summed E-state index contributed by atoms with van der Waals surface area (Å²) in [7, 11) is 3.50. The lowest BCUT2D eigenvalue weighted by Crippen LogP contribution is -2.50. The lowest BCUT2D eigenvalue weighted by atomic mass is 10.2. The minimum Gasteiger partial charge on any atom is -0.497 e. The van der Waals surface area contributed by atoms with Gasteiger partial charge in [0.15, 0.2) is 0 Å². The third-order valence-electron chi connectivity index (χ3n) is 4.61. The molecule has 1 heterocycles. The molecule has 0 spiro atoms. The number of hydrogen-bond acceptors (Lipinski definition) is 5. The number of carbonyl (C=O) groups is 2. The van der Waals surface area contributed by atoms with Gasteiger partial charge < -0.3 is 20.3 Å². The van der Waals surface area contributed by atoms with Crippen molar-refractivity contribution in [1.29, 1.82) is 0 Å². The highest BCUT2D eigenvalue weighted by molar-refractivity contribution is 5.94. The zero-order valence-electron chi connectivity index (χ0n) is 16.6. The molecule has 0 aliphatic carbocycles. The molecular formula is C19H32Cl2N4O3. The molecule has 0 atom stereocenters. The van der Waals surface area contributed by atoms with E-state index in [0.717, 1.165) is 51.4 Å². The van der Waals surface area contributed by atoms with Crippen LogP contribution in [0, 0.1) is 0 Å². The second kappa shape index (κ2) is 14.5. The highest BCUT2D eigenvalue weighted by atomic mass is 35.5. The molecule has 1 aromatic carbocycles.